The van der Waals surface area contributed by atoms with E-state index in [0.717, 1.165) is 24.5 Å². The fourth-order valence-electron chi connectivity index (χ4n) is 0.627. The highest BCUT2D eigenvalue weighted by Gasteiger charge is 2.05. The van der Waals surface area contributed by atoms with Gasteiger partial charge in [0.05, 0.1) is 6.54 Å². The molecular weight excluding hydrogens is 166 g/mol. The van der Waals surface area contributed by atoms with E-state index in [4.69, 9.17) is 5.11 Å². The lowest BCUT2D eigenvalue weighted by Crippen LogP contribution is -1.88. The van der Waals surface area contributed by atoms with Crippen molar-refractivity contribution in [3.05, 3.63) is 0 Å². The van der Waals surface area contributed by atoms with E-state index in [0.29, 0.717) is 6.61 Å². The Kier molecular flexibility index (Phi) is 4.25. The quantitative estimate of drug-likeness (QED) is 0.658. The van der Waals surface area contributed by atoms with Crippen molar-refractivity contribution in [3.63, 3.8) is 0 Å². The first kappa shape index (κ1) is 8.43. The summed E-state index contributed by atoms with van der Waals surface area (Å²) in [5.41, 5.74) is 0. The van der Waals surface area contributed by atoms with Gasteiger partial charge in [-0.15, -0.1) is 0 Å². The number of nitrogens with zero attached hydrogens (tertiary/aromatic N) is 1. The van der Waals surface area contributed by atoms with Crippen molar-refractivity contribution in [2.75, 3.05) is 24.7 Å². The van der Waals surface area contributed by atoms with Crippen LogP contribution in [-0.4, -0.2) is 34.1 Å². The van der Waals surface area contributed by atoms with Crippen LogP contribution >= 0.6 is 23.5 Å². The van der Waals surface area contributed by atoms with Crippen LogP contribution in [0.15, 0.2) is 4.99 Å². The summed E-state index contributed by atoms with van der Waals surface area (Å²) < 4.78 is 1.20. The van der Waals surface area contributed by atoms with Gasteiger partial charge in [0.25, 0.3) is 0 Å². The van der Waals surface area contributed by atoms with Crippen molar-refractivity contribution in [1.82, 2.24) is 0 Å². The molecule has 1 aliphatic heterocycles. The molecule has 0 bridgehead atoms. The fraction of sp³-hybridized carbons (Fsp3) is 0.833. The van der Waals surface area contributed by atoms with Crippen LogP contribution in [0.5, 0.6) is 0 Å². The minimum Gasteiger partial charge on any atom is -0.396 e. The summed E-state index contributed by atoms with van der Waals surface area (Å²) in [6, 6.07) is 0. The summed E-state index contributed by atoms with van der Waals surface area (Å²) >= 11 is 3.59. The van der Waals surface area contributed by atoms with Gasteiger partial charge in [0, 0.05) is 18.1 Å². The highest BCUT2D eigenvalue weighted by atomic mass is 32.2. The van der Waals surface area contributed by atoms with E-state index in [-0.39, 0.29) is 0 Å². The van der Waals surface area contributed by atoms with Gasteiger partial charge < -0.3 is 5.11 Å². The molecule has 0 saturated carbocycles. The number of aliphatic hydroxyl groups excluding tert-OH is 1. The van der Waals surface area contributed by atoms with Crippen LogP contribution in [0.4, 0.5) is 0 Å². The first-order valence-corrected chi connectivity index (χ1v) is 5.31. The van der Waals surface area contributed by atoms with Gasteiger partial charge in [0.1, 0.15) is 4.38 Å². The summed E-state index contributed by atoms with van der Waals surface area (Å²) in [4.78, 5) is 4.27. The van der Waals surface area contributed by atoms with Crippen molar-refractivity contribution in [2.24, 2.45) is 4.99 Å². The Morgan fingerprint density at radius 3 is 3.20 bits per heavy atom. The number of aliphatic hydroxyl groups is 1. The van der Waals surface area contributed by atoms with E-state index in [9.17, 15) is 0 Å². The number of hydrogen-bond donors (Lipinski definition) is 1. The highest BCUT2D eigenvalue weighted by molar-refractivity contribution is 8.39. The molecule has 0 aromatic rings. The van der Waals surface area contributed by atoms with Gasteiger partial charge in [-0.05, 0) is 6.42 Å². The molecule has 0 aromatic heterocycles. The monoisotopic (exact) mass is 177 g/mol. The third-order valence-corrected chi connectivity index (χ3v) is 3.42. The van der Waals surface area contributed by atoms with Crippen molar-refractivity contribution in [1.29, 1.82) is 0 Å². The van der Waals surface area contributed by atoms with Gasteiger partial charge in [-0.3, -0.25) is 4.99 Å². The lowest BCUT2D eigenvalue weighted by atomic mass is 10.5. The molecule has 1 rings (SSSR count). The molecule has 2 nitrogen and oxygen atoms in total. The van der Waals surface area contributed by atoms with Crippen LogP contribution < -0.4 is 0 Å². The van der Waals surface area contributed by atoms with E-state index in [1.54, 1.807) is 11.8 Å². The maximum atomic E-state index is 8.48. The molecule has 1 N–H and O–H groups in total. The molecule has 0 atom stereocenters. The zero-order valence-electron chi connectivity index (χ0n) is 5.75. The molecule has 58 valence electrons. The second-order valence-electron chi connectivity index (χ2n) is 1.92. The topological polar surface area (TPSA) is 32.6 Å². The number of aliphatic imine (C=N–C) groups is 1. The Labute approximate surface area is 69.5 Å². The van der Waals surface area contributed by atoms with Gasteiger partial charge in [0.2, 0.25) is 0 Å². The first-order chi connectivity index (χ1) is 4.93. The van der Waals surface area contributed by atoms with Crippen molar-refractivity contribution in [3.8, 4) is 0 Å². The summed E-state index contributed by atoms with van der Waals surface area (Å²) in [5.74, 6) is 2.14. The van der Waals surface area contributed by atoms with Crippen LogP contribution in [0, 0.1) is 0 Å². The van der Waals surface area contributed by atoms with Crippen LogP contribution in [-0.2, 0) is 0 Å². The van der Waals surface area contributed by atoms with Crippen molar-refractivity contribution >= 4 is 27.9 Å². The molecule has 0 unspecified atom stereocenters. The van der Waals surface area contributed by atoms with Crippen LogP contribution in [0.25, 0.3) is 0 Å². The molecular formula is C6H11NOS2. The predicted octanol–water partition coefficient (Wildman–Crippen LogP) is 1.20. The van der Waals surface area contributed by atoms with Crippen LogP contribution in [0.2, 0.25) is 0 Å². The third-order valence-electron chi connectivity index (χ3n) is 1.09. The first-order valence-electron chi connectivity index (χ1n) is 3.34. The number of rotatable bonds is 3. The molecule has 0 spiro atoms. The minimum atomic E-state index is 0.297. The molecule has 0 saturated heterocycles. The Hall–Kier alpha value is 0.330. The standard InChI is InChI=1S/C6H11NOS2/c8-3-1-4-9-6-7-2-5-10-6/h8H,1-5H2. The van der Waals surface area contributed by atoms with E-state index in [2.05, 4.69) is 4.99 Å². The Balaban J connectivity index is 2.01. The molecule has 10 heavy (non-hydrogen) atoms. The normalized spacial score (nSPS) is 17.5. The fourth-order valence-corrected chi connectivity index (χ4v) is 2.63. The molecule has 0 aromatic carbocycles. The Morgan fingerprint density at radius 2 is 2.60 bits per heavy atom. The molecule has 0 amide bonds. The lowest BCUT2D eigenvalue weighted by molar-refractivity contribution is 0.296. The van der Waals surface area contributed by atoms with E-state index in [1.807, 2.05) is 11.8 Å². The van der Waals surface area contributed by atoms with E-state index in [1.165, 1.54) is 4.38 Å². The number of thioether (sulfide) groups is 2. The van der Waals surface area contributed by atoms with Gasteiger partial charge in [0.15, 0.2) is 0 Å². The van der Waals surface area contributed by atoms with Crippen LogP contribution in [0.1, 0.15) is 6.42 Å². The van der Waals surface area contributed by atoms with Gasteiger partial charge >= 0.3 is 0 Å². The second-order valence-corrected chi connectivity index (χ2v) is 4.35. The van der Waals surface area contributed by atoms with E-state index < -0.39 is 0 Å². The molecule has 0 fully saturated rings. The SMILES string of the molecule is OCCCSC1=NCCS1. The Bertz CT molecular complexity index is 127. The zero-order chi connectivity index (χ0) is 7.23. The molecule has 0 aliphatic carbocycles. The van der Waals surface area contributed by atoms with Gasteiger partial charge in [-0.1, -0.05) is 23.5 Å². The maximum absolute atomic E-state index is 8.48. The average molecular weight is 177 g/mol. The summed E-state index contributed by atoms with van der Waals surface area (Å²) in [7, 11) is 0. The molecule has 0 radical (unpaired) electrons. The largest absolute Gasteiger partial charge is 0.396 e. The average Bonchev–Trinajstić information content (AvgIpc) is 2.41. The summed E-state index contributed by atoms with van der Waals surface area (Å²) in [5, 5.41) is 8.48. The molecule has 4 heteroatoms. The molecule has 1 aliphatic rings. The lowest BCUT2D eigenvalue weighted by Gasteiger charge is -1.95. The second kappa shape index (κ2) is 5.04. The van der Waals surface area contributed by atoms with Gasteiger partial charge in [-0.2, -0.15) is 0 Å². The summed E-state index contributed by atoms with van der Waals surface area (Å²) in [6.45, 7) is 1.27. The third kappa shape index (κ3) is 2.94. The summed E-state index contributed by atoms with van der Waals surface area (Å²) in [6.07, 6.45) is 0.879. The smallest absolute Gasteiger partial charge is 0.124 e. The van der Waals surface area contributed by atoms with E-state index >= 15 is 0 Å². The van der Waals surface area contributed by atoms with Gasteiger partial charge in [-0.25, -0.2) is 0 Å². The minimum absolute atomic E-state index is 0.297. The van der Waals surface area contributed by atoms with Crippen LogP contribution in [0.3, 0.4) is 0 Å². The zero-order valence-corrected chi connectivity index (χ0v) is 7.38. The maximum Gasteiger partial charge on any atom is 0.124 e. The predicted molar refractivity (Wildman–Crippen MR) is 48.9 cm³/mol. The Morgan fingerprint density at radius 1 is 1.70 bits per heavy atom. The van der Waals surface area contributed by atoms with Crippen molar-refractivity contribution in [2.45, 2.75) is 6.42 Å². The molecule has 1 heterocycles. The number of hydrogen-bond acceptors (Lipinski definition) is 4. The highest BCUT2D eigenvalue weighted by Crippen LogP contribution is 2.22. The van der Waals surface area contributed by atoms with Crippen molar-refractivity contribution < 1.29 is 5.11 Å².